The fraction of sp³-hybridized carbons (Fsp3) is 0.375. The zero-order chi connectivity index (χ0) is 28.7. The number of aliphatic carboxylic acids is 1. The largest absolute Gasteiger partial charge is 0.493 e. The van der Waals surface area contributed by atoms with Crippen LogP contribution in [0.25, 0.3) is 0 Å². The summed E-state index contributed by atoms with van der Waals surface area (Å²) in [5.41, 5.74) is 5.22. The molecule has 0 spiro atoms. The maximum absolute atomic E-state index is 15.0. The van der Waals surface area contributed by atoms with E-state index in [-0.39, 0.29) is 37.3 Å². The van der Waals surface area contributed by atoms with E-state index in [0.29, 0.717) is 12.2 Å². The van der Waals surface area contributed by atoms with Gasteiger partial charge in [-0.1, -0.05) is 44.2 Å². The van der Waals surface area contributed by atoms with Crippen LogP contribution >= 0.6 is 0 Å². The van der Waals surface area contributed by atoms with Crippen molar-refractivity contribution in [1.29, 1.82) is 0 Å². The van der Waals surface area contributed by atoms with Gasteiger partial charge >= 0.3 is 5.97 Å². The standard InChI is InChI=1S/C32H33FN2O6/c1-3-18-6-5-7-19(4-2)29(18)34-27(36)16-35-15-23(22-13-24(33)31-26(14-22)40-17-41-31)28(32(37)38)30(35)21-8-9-25-20(12-21)10-11-39-25/h5-9,12-14,23,28,30H,3-4,10-11,15-17H2,1-2H3,(H,34,36)(H,37,38)/t23-,28?,30+/m1/s1. The molecule has 6 rings (SSSR count). The number of amides is 1. The lowest BCUT2D eigenvalue weighted by atomic mass is 9.82. The van der Waals surface area contributed by atoms with E-state index in [2.05, 4.69) is 5.32 Å². The van der Waals surface area contributed by atoms with Crippen molar-refractivity contribution in [2.75, 3.05) is 31.8 Å². The van der Waals surface area contributed by atoms with Crippen LogP contribution in [-0.4, -0.2) is 48.4 Å². The third-order valence-corrected chi connectivity index (χ3v) is 8.43. The van der Waals surface area contributed by atoms with Gasteiger partial charge in [0.25, 0.3) is 0 Å². The zero-order valence-corrected chi connectivity index (χ0v) is 23.1. The molecule has 1 saturated heterocycles. The average Bonchev–Trinajstić information content (AvgIpc) is 3.71. The lowest BCUT2D eigenvalue weighted by Crippen LogP contribution is -2.35. The van der Waals surface area contributed by atoms with Gasteiger partial charge in [-0.15, -0.1) is 0 Å². The van der Waals surface area contributed by atoms with Crippen molar-refractivity contribution in [1.82, 2.24) is 4.90 Å². The molecule has 3 heterocycles. The van der Waals surface area contributed by atoms with Crippen LogP contribution in [0.1, 0.15) is 53.6 Å². The molecule has 0 radical (unpaired) electrons. The number of aryl methyl sites for hydroxylation is 2. The van der Waals surface area contributed by atoms with E-state index in [9.17, 15) is 19.1 Å². The van der Waals surface area contributed by atoms with Crippen molar-refractivity contribution in [3.05, 3.63) is 82.2 Å². The first kappa shape index (κ1) is 27.1. The number of benzene rings is 3. The van der Waals surface area contributed by atoms with Crippen LogP contribution in [0.3, 0.4) is 0 Å². The van der Waals surface area contributed by atoms with E-state index >= 15 is 0 Å². The molecule has 9 heteroatoms. The van der Waals surface area contributed by atoms with Crippen molar-refractivity contribution >= 4 is 17.6 Å². The summed E-state index contributed by atoms with van der Waals surface area (Å²) < 4.78 is 31.3. The minimum Gasteiger partial charge on any atom is -0.493 e. The topological polar surface area (TPSA) is 97.3 Å². The van der Waals surface area contributed by atoms with Crippen molar-refractivity contribution in [3.8, 4) is 17.2 Å². The number of ether oxygens (including phenoxy) is 3. The molecule has 8 nitrogen and oxygen atoms in total. The van der Waals surface area contributed by atoms with Gasteiger partial charge in [0.2, 0.25) is 18.4 Å². The van der Waals surface area contributed by atoms with Crippen LogP contribution in [0.2, 0.25) is 0 Å². The second kappa shape index (κ2) is 11.0. The molecule has 3 aliphatic heterocycles. The lowest BCUT2D eigenvalue weighted by molar-refractivity contribution is -0.143. The highest BCUT2D eigenvalue weighted by Gasteiger charge is 2.48. The van der Waals surface area contributed by atoms with Crippen LogP contribution in [0.15, 0.2) is 48.5 Å². The summed E-state index contributed by atoms with van der Waals surface area (Å²) in [6.45, 7) is 4.81. The first-order valence-corrected chi connectivity index (χ1v) is 14.1. The second-order valence-corrected chi connectivity index (χ2v) is 10.8. The molecular formula is C32H33FN2O6. The van der Waals surface area contributed by atoms with Crippen LogP contribution in [0.4, 0.5) is 10.1 Å². The smallest absolute Gasteiger partial charge is 0.309 e. The number of fused-ring (bicyclic) bond motifs is 2. The number of carbonyl (C=O) groups excluding carboxylic acids is 1. The number of rotatable bonds is 8. The van der Waals surface area contributed by atoms with Crippen molar-refractivity contribution in [2.24, 2.45) is 5.92 Å². The van der Waals surface area contributed by atoms with Crippen LogP contribution in [0.5, 0.6) is 17.2 Å². The Morgan fingerprint density at radius 3 is 2.51 bits per heavy atom. The van der Waals surface area contributed by atoms with E-state index in [1.807, 2.05) is 55.1 Å². The molecule has 1 fully saturated rings. The lowest BCUT2D eigenvalue weighted by Gasteiger charge is -2.27. The van der Waals surface area contributed by atoms with E-state index in [4.69, 9.17) is 14.2 Å². The van der Waals surface area contributed by atoms with E-state index in [0.717, 1.165) is 53.0 Å². The molecule has 2 N–H and O–H groups in total. The van der Waals surface area contributed by atoms with Crippen molar-refractivity contribution in [3.63, 3.8) is 0 Å². The SMILES string of the molecule is CCc1cccc(CC)c1NC(=O)CN1C[C@H](c2cc(F)c3c(c2)OCO3)C(C(=O)O)[C@@H]1c1ccc2c(c1)CCO2. The number of hydrogen-bond acceptors (Lipinski definition) is 6. The number of halogens is 1. The summed E-state index contributed by atoms with van der Waals surface area (Å²) in [7, 11) is 0. The van der Waals surface area contributed by atoms with Crippen LogP contribution < -0.4 is 19.5 Å². The van der Waals surface area contributed by atoms with Gasteiger partial charge in [-0.2, -0.15) is 0 Å². The Balaban J connectivity index is 1.37. The molecular weight excluding hydrogens is 527 g/mol. The summed E-state index contributed by atoms with van der Waals surface area (Å²) in [6, 6.07) is 14.1. The highest BCUT2D eigenvalue weighted by molar-refractivity contribution is 5.94. The fourth-order valence-corrected chi connectivity index (χ4v) is 6.49. The summed E-state index contributed by atoms with van der Waals surface area (Å²) in [5, 5.41) is 13.7. The molecule has 41 heavy (non-hydrogen) atoms. The van der Waals surface area contributed by atoms with E-state index in [1.54, 1.807) is 6.07 Å². The van der Waals surface area contributed by atoms with Gasteiger partial charge in [-0.05, 0) is 58.9 Å². The monoisotopic (exact) mass is 560 g/mol. The summed E-state index contributed by atoms with van der Waals surface area (Å²) in [6.07, 6.45) is 2.27. The molecule has 1 unspecified atom stereocenters. The third-order valence-electron chi connectivity index (χ3n) is 8.43. The number of nitrogens with one attached hydrogen (secondary N) is 1. The van der Waals surface area contributed by atoms with E-state index < -0.39 is 29.7 Å². The molecule has 3 aromatic rings. The number of carbonyl (C=O) groups is 2. The molecule has 214 valence electrons. The Labute approximate surface area is 238 Å². The molecule has 3 aromatic carbocycles. The normalized spacial score (nSPS) is 21.0. The molecule has 3 aliphatic rings. The van der Waals surface area contributed by atoms with Crippen molar-refractivity contribution in [2.45, 2.75) is 45.1 Å². The maximum atomic E-state index is 15.0. The molecule has 1 amide bonds. The Hall–Kier alpha value is -4.11. The number of carboxylic acid groups (broad SMARTS) is 1. The molecule has 0 aromatic heterocycles. The maximum Gasteiger partial charge on any atom is 0.309 e. The second-order valence-electron chi connectivity index (χ2n) is 10.8. The number of likely N-dealkylation sites (tertiary alicyclic amines) is 1. The summed E-state index contributed by atoms with van der Waals surface area (Å²) in [5.74, 6) is -2.27. The van der Waals surface area contributed by atoms with Gasteiger partial charge in [0.1, 0.15) is 5.75 Å². The van der Waals surface area contributed by atoms with Gasteiger partial charge in [0, 0.05) is 30.6 Å². The fourth-order valence-electron chi connectivity index (χ4n) is 6.49. The predicted octanol–water partition coefficient (Wildman–Crippen LogP) is 5.09. The summed E-state index contributed by atoms with van der Waals surface area (Å²) >= 11 is 0. The Kier molecular flexibility index (Phi) is 7.30. The summed E-state index contributed by atoms with van der Waals surface area (Å²) in [4.78, 5) is 28.4. The number of carboxylic acids is 1. The zero-order valence-electron chi connectivity index (χ0n) is 23.1. The number of para-hydroxylation sites is 1. The predicted molar refractivity (Wildman–Crippen MR) is 150 cm³/mol. The molecule has 3 atom stereocenters. The highest BCUT2D eigenvalue weighted by Crippen LogP contribution is 2.49. The average molecular weight is 561 g/mol. The third kappa shape index (κ3) is 4.99. The van der Waals surface area contributed by atoms with Crippen LogP contribution in [0, 0.1) is 11.7 Å². The quantitative estimate of drug-likeness (QED) is 0.396. The first-order valence-electron chi connectivity index (χ1n) is 14.1. The van der Waals surface area contributed by atoms with E-state index in [1.165, 1.54) is 6.07 Å². The van der Waals surface area contributed by atoms with Gasteiger partial charge in [0.15, 0.2) is 11.6 Å². The molecule has 0 bridgehead atoms. The molecule has 0 saturated carbocycles. The van der Waals surface area contributed by atoms with Gasteiger partial charge in [-0.25, -0.2) is 4.39 Å². The minimum absolute atomic E-state index is 0.0211. The van der Waals surface area contributed by atoms with Gasteiger partial charge < -0.3 is 24.6 Å². The van der Waals surface area contributed by atoms with Crippen molar-refractivity contribution < 1.29 is 33.3 Å². The van der Waals surface area contributed by atoms with Gasteiger partial charge in [0.05, 0.1) is 19.1 Å². The van der Waals surface area contributed by atoms with Gasteiger partial charge in [-0.3, -0.25) is 14.5 Å². The first-order chi connectivity index (χ1) is 19.9. The Bertz CT molecular complexity index is 1490. The molecule has 0 aliphatic carbocycles. The highest BCUT2D eigenvalue weighted by atomic mass is 19.1. The minimum atomic E-state index is -1.01. The Morgan fingerprint density at radius 2 is 1.78 bits per heavy atom. The van der Waals surface area contributed by atoms with Crippen LogP contribution in [-0.2, 0) is 28.9 Å². The number of hydrogen-bond donors (Lipinski definition) is 2. The Morgan fingerprint density at radius 1 is 1.00 bits per heavy atom. The number of anilines is 1. The number of nitrogens with zero attached hydrogens (tertiary/aromatic N) is 1.